The zero-order valence-corrected chi connectivity index (χ0v) is 12.8. The molecule has 0 amide bonds. The molecule has 2 atom stereocenters. The fourth-order valence-corrected chi connectivity index (χ4v) is 2.81. The van der Waals surface area contributed by atoms with Crippen LogP contribution >= 0.6 is 0 Å². The van der Waals surface area contributed by atoms with E-state index >= 15 is 0 Å². The van der Waals surface area contributed by atoms with Gasteiger partial charge in [-0.1, -0.05) is 42.5 Å². The van der Waals surface area contributed by atoms with Crippen molar-refractivity contribution in [3.05, 3.63) is 83.9 Å². The van der Waals surface area contributed by atoms with Crippen LogP contribution in [0.4, 0.5) is 0 Å². The number of aromatic nitrogens is 3. The standard InChI is InChI=1S/C18H15N3O3/c22-18(13-6-2-1-3-7-13)23-10-16-14-8-4-5-9-15(14)17(24-16)21-12-19-11-20-21/h1-9,11-12,16-17H,10H2/t16-,17-/m1/s1. The monoisotopic (exact) mass is 321 g/mol. The molecule has 4 rings (SSSR count). The normalized spacial score (nSPS) is 19.0. The Morgan fingerprint density at radius 1 is 1.08 bits per heavy atom. The molecule has 0 fully saturated rings. The third kappa shape index (κ3) is 2.68. The SMILES string of the molecule is O=C(OC[C@H]1O[C@@H](n2cncn2)c2ccccc21)c1ccccc1. The molecule has 1 aliphatic rings. The molecule has 3 aromatic rings. The fourth-order valence-electron chi connectivity index (χ4n) is 2.81. The lowest BCUT2D eigenvalue weighted by molar-refractivity contribution is -0.0455. The molecule has 0 spiro atoms. The number of esters is 1. The van der Waals surface area contributed by atoms with Gasteiger partial charge in [0, 0.05) is 5.56 Å². The highest BCUT2D eigenvalue weighted by Crippen LogP contribution is 2.39. The first-order valence-electron chi connectivity index (χ1n) is 7.63. The van der Waals surface area contributed by atoms with Crippen molar-refractivity contribution in [3.8, 4) is 0 Å². The summed E-state index contributed by atoms with van der Waals surface area (Å²) in [6.07, 6.45) is 2.39. The molecule has 0 saturated carbocycles. The zero-order valence-electron chi connectivity index (χ0n) is 12.8. The van der Waals surface area contributed by atoms with Gasteiger partial charge in [0.15, 0.2) is 6.23 Å². The smallest absolute Gasteiger partial charge is 0.338 e. The molecule has 6 heteroatoms. The van der Waals surface area contributed by atoms with E-state index in [0.29, 0.717) is 5.56 Å². The van der Waals surface area contributed by atoms with Crippen LogP contribution in [0.5, 0.6) is 0 Å². The predicted octanol–water partition coefficient (Wildman–Crippen LogP) is 2.75. The number of carbonyl (C=O) groups excluding carboxylic acids is 1. The van der Waals surface area contributed by atoms with E-state index in [-0.39, 0.29) is 24.9 Å². The lowest BCUT2D eigenvalue weighted by Gasteiger charge is -2.14. The summed E-state index contributed by atoms with van der Waals surface area (Å²) in [4.78, 5) is 16.1. The molecule has 0 unspecified atom stereocenters. The molecule has 0 radical (unpaired) electrons. The van der Waals surface area contributed by atoms with Crippen LogP contribution in [-0.4, -0.2) is 27.3 Å². The quantitative estimate of drug-likeness (QED) is 0.691. The van der Waals surface area contributed by atoms with Gasteiger partial charge in [-0.3, -0.25) is 0 Å². The number of nitrogens with zero attached hydrogens (tertiary/aromatic N) is 3. The largest absolute Gasteiger partial charge is 0.459 e. The van der Waals surface area contributed by atoms with E-state index in [1.165, 1.54) is 6.33 Å². The van der Waals surface area contributed by atoms with E-state index in [1.54, 1.807) is 35.3 Å². The van der Waals surface area contributed by atoms with Crippen molar-refractivity contribution in [2.75, 3.05) is 6.61 Å². The molecule has 0 N–H and O–H groups in total. The van der Waals surface area contributed by atoms with E-state index in [1.807, 2.05) is 30.3 Å². The Labute approximate surface area is 138 Å². The second-order valence-corrected chi connectivity index (χ2v) is 5.45. The first kappa shape index (κ1) is 14.6. The summed E-state index contributed by atoms with van der Waals surface area (Å²) in [5.41, 5.74) is 2.53. The molecule has 0 saturated heterocycles. The average molecular weight is 321 g/mol. The van der Waals surface area contributed by atoms with Crippen LogP contribution in [0.2, 0.25) is 0 Å². The molecule has 120 valence electrons. The summed E-state index contributed by atoms with van der Waals surface area (Å²) in [6.45, 7) is 0.149. The maximum absolute atomic E-state index is 12.1. The molecule has 0 aliphatic carbocycles. The number of carbonyl (C=O) groups is 1. The van der Waals surface area contributed by atoms with E-state index in [4.69, 9.17) is 9.47 Å². The van der Waals surface area contributed by atoms with E-state index < -0.39 is 0 Å². The van der Waals surface area contributed by atoms with Gasteiger partial charge in [-0.15, -0.1) is 0 Å². The Bertz CT molecular complexity index is 834. The highest BCUT2D eigenvalue weighted by Gasteiger charge is 2.33. The van der Waals surface area contributed by atoms with Crippen molar-refractivity contribution in [2.24, 2.45) is 0 Å². The Morgan fingerprint density at radius 3 is 2.58 bits per heavy atom. The molecular weight excluding hydrogens is 306 g/mol. The molecule has 24 heavy (non-hydrogen) atoms. The van der Waals surface area contributed by atoms with Crippen LogP contribution < -0.4 is 0 Å². The maximum Gasteiger partial charge on any atom is 0.338 e. The summed E-state index contributed by atoms with van der Waals surface area (Å²) < 4.78 is 13.1. The van der Waals surface area contributed by atoms with Gasteiger partial charge in [-0.2, -0.15) is 5.10 Å². The third-order valence-electron chi connectivity index (χ3n) is 3.95. The number of benzene rings is 2. The average Bonchev–Trinajstić information content (AvgIpc) is 3.28. The van der Waals surface area contributed by atoms with Gasteiger partial charge < -0.3 is 9.47 Å². The maximum atomic E-state index is 12.1. The zero-order chi connectivity index (χ0) is 16.4. The van der Waals surface area contributed by atoms with Gasteiger partial charge in [0.2, 0.25) is 0 Å². The first-order chi connectivity index (χ1) is 11.8. The van der Waals surface area contributed by atoms with Crippen LogP contribution in [0.15, 0.2) is 67.3 Å². The number of rotatable bonds is 4. The van der Waals surface area contributed by atoms with Gasteiger partial charge in [-0.05, 0) is 17.7 Å². The van der Waals surface area contributed by atoms with Crippen molar-refractivity contribution in [3.63, 3.8) is 0 Å². The fraction of sp³-hybridized carbons (Fsp3) is 0.167. The minimum atomic E-state index is -0.360. The Balaban J connectivity index is 1.51. The van der Waals surface area contributed by atoms with E-state index in [2.05, 4.69) is 10.1 Å². The van der Waals surface area contributed by atoms with Crippen LogP contribution in [0, 0.1) is 0 Å². The van der Waals surface area contributed by atoms with Crippen molar-refractivity contribution < 1.29 is 14.3 Å². The van der Waals surface area contributed by atoms with Crippen molar-refractivity contribution >= 4 is 5.97 Å². The summed E-state index contributed by atoms with van der Waals surface area (Å²) in [5, 5.41) is 4.15. The Kier molecular flexibility index (Phi) is 3.80. The summed E-state index contributed by atoms with van der Waals surface area (Å²) in [6, 6.07) is 16.8. The van der Waals surface area contributed by atoms with Gasteiger partial charge in [0.05, 0.1) is 5.56 Å². The summed E-state index contributed by atoms with van der Waals surface area (Å²) >= 11 is 0. The molecule has 6 nitrogen and oxygen atoms in total. The van der Waals surface area contributed by atoms with Crippen molar-refractivity contribution in [2.45, 2.75) is 12.3 Å². The Hall–Kier alpha value is -2.99. The highest BCUT2D eigenvalue weighted by atomic mass is 16.6. The number of hydrogen-bond donors (Lipinski definition) is 0. The third-order valence-corrected chi connectivity index (χ3v) is 3.95. The summed E-state index contributed by atoms with van der Waals surface area (Å²) in [7, 11) is 0. The van der Waals surface area contributed by atoms with Crippen LogP contribution in [0.1, 0.15) is 33.8 Å². The van der Waals surface area contributed by atoms with Crippen molar-refractivity contribution in [1.82, 2.24) is 14.8 Å². The number of hydrogen-bond acceptors (Lipinski definition) is 5. The van der Waals surface area contributed by atoms with E-state index in [9.17, 15) is 4.79 Å². The molecule has 2 heterocycles. The van der Waals surface area contributed by atoms with E-state index in [0.717, 1.165) is 11.1 Å². The summed E-state index contributed by atoms with van der Waals surface area (Å²) in [5.74, 6) is -0.360. The number of fused-ring (bicyclic) bond motifs is 1. The lowest BCUT2D eigenvalue weighted by atomic mass is 10.0. The second-order valence-electron chi connectivity index (χ2n) is 5.45. The second kappa shape index (κ2) is 6.25. The predicted molar refractivity (Wildman–Crippen MR) is 85.2 cm³/mol. The molecular formula is C18H15N3O3. The first-order valence-corrected chi connectivity index (χ1v) is 7.63. The van der Waals surface area contributed by atoms with Gasteiger partial charge in [0.25, 0.3) is 0 Å². The minimum absolute atomic E-state index is 0.149. The minimum Gasteiger partial charge on any atom is -0.459 e. The lowest BCUT2D eigenvalue weighted by Crippen LogP contribution is -2.15. The Morgan fingerprint density at radius 2 is 1.83 bits per heavy atom. The molecule has 2 aromatic carbocycles. The molecule has 0 bridgehead atoms. The van der Waals surface area contributed by atoms with Gasteiger partial charge in [-0.25, -0.2) is 14.5 Å². The number of ether oxygens (including phenoxy) is 2. The van der Waals surface area contributed by atoms with Crippen LogP contribution in [0.3, 0.4) is 0 Å². The highest BCUT2D eigenvalue weighted by molar-refractivity contribution is 5.89. The molecule has 1 aromatic heterocycles. The van der Waals surface area contributed by atoms with Gasteiger partial charge in [0.1, 0.15) is 25.4 Å². The van der Waals surface area contributed by atoms with Crippen LogP contribution in [0.25, 0.3) is 0 Å². The molecule has 1 aliphatic heterocycles. The van der Waals surface area contributed by atoms with Crippen LogP contribution in [-0.2, 0) is 9.47 Å². The topological polar surface area (TPSA) is 66.2 Å². The van der Waals surface area contributed by atoms with Gasteiger partial charge >= 0.3 is 5.97 Å². The van der Waals surface area contributed by atoms with Crippen molar-refractivity contribution in [1.29, 1.82) is 0 Å².